The fourth-order valence-electron chi connectivity index (χ4n) is 2.29. The molecule has 0 fully saturated rings. The fraction of sp³-hybridized carbons (Fsp3) is 0.118. The van der Waals surface area contributed by atoms with Gasteiger partial charge in [-0.1, -0.05) is 30.3 Å². The van der Waals surface area contributed by atoms with Crippen molar-refractivity contribution in [3.05, 3.63) is 70.1 Å². The summed E-state index contributed by atoms with van der Waals surface area (Å²) >= 11 is 0. The summed E-state index contributed by atoms with van der Waals surface area (Å²) in [5.74, 6) is 0. The Morgan fingerprint density at radius 3 is 1.93 bits per heavy atom. The first-order chi connectivity index (χ1) is 13.1. The van der Waals surface area contributed by atoms with Crippen LogP contribution in [0.1, 0.15) is 11.1 Å². The smallest absolute Gasteiger partial charge is 0.336 e. The zero-order valence-electron chi connectivity index (χ0n) is 13.6. The topological polar surface area (TPSA) is 70.7 Å². The van der Waals surface area contributed by atoms with Crippen molar-refractivity contribution >= 4 is 11.4 Å². The van der Waals surface area contributed by atoms with Gasteiger partial charge in [0, 0.05) is 5.56 Å². The van der Waals surface area contributed by atoms with Crippen molar-refractivity contribution in [3.63, 3.8) is 0 Å². The number of hydrogen-bond acceptors (Lipinski definition) is 4. The van der Waals surface area contributed by atoms with Crippen molar-refractivity contribution in [2.24, 2.45) is 10.2 Å². The van der Waals surface area contributed by atoms with Crippen LogP contribution in [0.25, 0.3) is 11.3 Å². The summed E-state index contributed by atoms with van der Waals surface area (Å²) in [7, 11) is 0. The van der Waals surface area contributed by atoms with E-state index in [1.807, 2.05) is 0 Å². The maximum Gasteiger partial charge on any atom is 0.416 e. The molecule has 0 spiro atoms. The van der Waals surface area contributed by atoms with Crippen molar-refractivity contribution in [1.82, 2.24) is 5.16 Å². The van der Waals surface area contributed by atoms with E-state index in [-0.39, 0.29) is 11.8 Å². The van der Waals surface area contributed by atoms with Gasteiger partial charge in [0.05, 0.1) is 16.8 Å². The number of aromatic nitrogens is 1. The van der Waals surface area contributed by atoms with E-state index in [1.165, 1.54) is 0 Å². The third kappa shape index (κ3) is 4.13. The lowest BCUT2D eigenvalue weighted by Gasteiger charge is -2.12. The number of alkyl halides is 6. The van der Waals surface area contributed by atoms with E-state index in [2.05, 4.69) is 19.9 Å². The van der Waals surface area contributed by atoms with Gasteiger partial charge < -0.3 is 4.52 Å². The first-order valence-electron chi connectivity index (χ1n) is 7.54. The van der Waals surface area contributed by atoms with Crippen LogP contribution in [0.15, 0.2) is 68.1 Å². The second-order valence-electron chi connectivity index (χ2n) is 5.55. The molecule has 0 bridgehead atoms. The van der Waals surface area contributed by atoms with Crippen molar-refractivity contribution in [2.75, 3.05) is 0 Å². The predicted molar refractivity (Wildman–Crippen MR) is 85.4 cm³/mol. The van der Waals surface area contributed by atoms with Crippen LogP contribution in [0.5, 0.6) is 0 Å². The summed E-state index contributed by atoms with van der Waals surface area (Å²) in [6.45, 7) is 0. The number of nitrogens with zero attached hydrogens (tertiary/aromatic N) is 2. The number of H-pyrrole nitrogens is 1. The molecule has 0 aliphatic rings. The predicted octanol–water partition coefficient (Wildman–Crippen LogP) is 6.09. The third-order valence-electron chi connectivity index (χ3n) is 3.58. The van der Waals surface area contributed by atoms with Gasteiger partial charge in [-0.05, 0) is 18.2 Å². The Bertz CT molecular complexity index is 1030. The van der Waals surface area contributed by atoms with E-state index in [9.17, 15) is 31.1 Å². The largest absolute Gasteiger partial charge is 0.416 e. The van der Waals surface area contributed by atoms with Gasteiger partial charge in [0.1, 0.15) is 5.69 Å². The summed E-state index contributed by atoms with van der Waals surface area (Å²) in [4.78, 5) is 11.8. The van der Waals surface area contributed by atoms with Crippen LogP contribution in [0.4, 0.5) is 37.7 Å². The highest BCUT2D eigenvalue weighted by atomic mass is 19.4. The summed E-state index contributed by atoms with van der Waals surface area (Å²) in [5, 5.41) is 9.20. The normalized spacial score (nSPS) is 12.6. The first-order valence-corrected chi connectivity index (χ1v) is 7.54. The lowest BCUT2D eigenvalue weighted by molar-refractivity contribution is -0.143. The number of hydrogen-bond donors (Lipinski definition) is 1. The summed E-state index contributed by atoms with van der Waals surface area (Å²) in [6.07, 6.45) is -10.0. The Kier molecular flexibility index (Phi) is 4.84. The second kappa shape index (κ2) is 6.98. The maximum absolute atomic E-state index is 12.9. The first kappa shape index (κ1) is 19.4. The van der Waals surface area contributed by atoms with Crippen LogP contribution >= 0.6 is 0 Å². The van der Waals surface area contributed by atoms with E-state index in [1.54, 1.807) is 30.3 Å². The van der Waals surface area contributed by atoms with Crippen LogP contribution in [0.2, 0.25) is 0 Å². The lowest BCUT2D eigenvalue weighted by atomic mass is 10.1. The molecule has 0 saturated carbocycles. The van der Waals surface area contributed by atoms with Crippen LogP contribution < -0.4 is 5.63 Å². The summed E-state index contributed by atoms with van der Waals surface area (Å²) in [5.41, 5.74) is -4.63. The molecule has 146 valence electrons. The highest BCUT2D eigenvalue weighted by molar-refractivity contribution is 5.70. The minimum atomic E-state index is -5.02. The van der Waals surface area contributed by atoms with Crippen LogP contribution in [-0.4, -0.2) is 5.16 Å². The average Bonchev–Trinajstić information content (AvgIpc) is 2.99. The highest BCUT2D eigenvalue weighted by Crippen LogP contribution is 2.38. The van der Waals surface area contributed by atoms with Gasteiger partial charge in [0.25, 0.3) is 0 Å². The molecule has 3 aromatic rings. The monoisotopic (exact) mass is 401 g/mol. The summed E-state index contributed by atoms with van der Waals surface area (Å²) in [6, 6.07) is 8.93. The van der Waals surface area contributed by atoms with Gasteiger partial charge in [0.2, 0.25) is 0 Å². The Hall–Kier alpha value is -3.37. The van der Waals surface area contributed by atoms with Crippen LogP contribution in [-0.2, 0) is 12.4 Å². The van der Waals surface area contributed by atoms with Crippen molar-refractivity contribution in [2.45, 2.75) is 12.4 Å². The lowest BCUT2D eigenvalue weighted by Crippen LogP contribution is -2.10. The second-order valence-corrected chi connectivity index (χ2v) is 5.55. The molecule has 28 heavy (non-hydrogen) atoms. The molecule has 2 aromatic carbocycles. The van der Waals surface area contributed by atoms with Gasteiger partial charge in [-0.2, -0.15) is 31.5 Å². The van der Waals surface area contributed by atoms with E-state index in [4.69, 9.17) is 0 Å². The molecule has 1 aromatic heterocycles. The molecule has 11 heteroatoms. The van der Waals surface area contributed by atoms with Gasteiger partial charge in [0.15, 0.2) is 5.69 Å². The molecular formula is C17H9F6N3O2. The van der Waals surface area contributed by atoms with Crippen molar-refractivity contribution < 1.29 is 30.9 Å². The van der Waals surface area contributed by atoms with Crippen molar-refractivity contribution in [3.8, 4) is 11.3 Å². The molecule has 1 N–H and O–H groups in total. The van der Waals surface area contributed by atoms with Gasteiger partial charge in [-0.25, -0.2) is 9.95 Å². The minimum absolute atomic E-state index is 0.0287. The van der Waals surface area contributed by atoms with Crippen LogP contribution in [0.3, 0.4) is 0 Å². The Morgan fingerprint density at radius 2 is 1.39 bits per heavy atom. The number of rotatable bonds is 3. The molecule has 5 nitrogen and oxygen atoms in total. The van der Waals surface area contributed by atoms with E-state index >= 15 is 0 Å². The molecule has 0 aliphatic heterocycles. The molecule has 0 saturated heterocycles. The SMILES string of the molecule is O=c1o[nH]c(-c2ccccc2)c1N=Nc1cc(C(F)(F)F)cc(C(F)(F)F)c1. The molecule has 0 amide bonds. The Morgan fingerprint density at radius 1 is 0.821 bits per heavy atom. The van der Waals surface area contributed by atoms with E-state index < -0.39 is 40.5 Å². The van der Waals surface area contributed by atoms with Gasteiger partial charge in [-0.15, -0.1) is 5.11 Å². The quantitative estimate of drug-likeness (QED) is 0.426. The molecular weight excluding hydrogens is 392 g/mol. The van der Waals surface area contributed by atoms with Crippen molar-refractivity contribution in [1.29, 1.82) is 0 Å². The Labute approximate surface area is 152 Å². The molecule has 0 radical (unpaired) electrons. The Balaban J connectivity index is 2.07. The average molecular weight is 401 g/mol. The molecule has 0 unspecified atom stereocenters. The molecule has 1 heterocycles. The van der Waals surface area contributed by atoms with Gasteiger partial charge >= 0.3 is 18.0 Å². The molecule has 0 aliphatic carbocycles. The standard InChI is InChI=1S/C17H9F6N3O2/c18-16(19,20)10-6-11(17(21,22)23)8-12(7-10)24-25-14-13(26-28-15(14)27)9-4-2-1-3-5-9/h1-8,26H. The molecule has 0 atom stereocenters. The van der Waals surface area contributed by atoms with E-state index in [0.717, 1.165) is 0 Å². The van der Waals surface area contributed by atoms with Gasteiger partial charge in [-0.3, -0.25) is 0 Å². The number of halogens is 6. The minimum Gasteiger partial charge on any atom is -0.336 e. The van der Waals surface area contributed by atoms with Crippen LogP contribution in [0, 0.1) is 0 Å². The number of benzene rings is 2. The maximum atomic E-state index is 12.9. The zero-order valence-corrected chi connectivity index (χ0v) is 13.6. The van der Waals surface area contributed by atoms with E-state index in [0.29, 0.717) is 17.7 Å². The number of aromatic amines is 1. The highest BCUT2D eigenvalue weighted by Gasteiger charge is 2.37. The summed E-state index contributed by atoms with van der Waals surface area (Å²) < 4.78 is 81.9. The zero-order chi connectivity index (χ0) is 20.5. The molecule has 3 rings (SSSR count). The number of azo groups is 1. The third-order valence-corrected chi connectivity index (χ3v) is 3.58. The fourth-order valence-corrected chi connectivity index (χ4v) is 2.29. The number of nitrogens with one attached hydrogen (secondary N) is 1.